The van der Waals surface area contributed by atoms with Crippen molar-refractivity contribution < 1.29 is 9.21 Å². The Kier molecular flexibility index (Phi) is 9.44. The van der Waals surface area contributed by atoms with Crippen molar-refractivity contribution in [3.05, 3.63) is 24.2 Å². The smallest absolute Gasteiger partial charge is 0.289 e. The maximum atomic E-state index is 12.4. The van der Waals surface area contributed by atoms with Gasteiger partial charge in [-0.25, -0.2) is 0 Å². The van der Waals surface area contributed by atoms with Crippen LogP contribution in [0.3, 0.4) is 0 Å². The van der Waals surface area contributed by atoms with Gasteiger partial charge in [0.05, 0.1) is 6.26 Å². The molecule has 0 radical (unpaired) electrons. The Morgan fingerprint density at radius 1 is 1.11 bits per heavy atom. The summed E-state index contributed by atoms with van der Waals surface area (Å²) in [6.45, 7) is 4.01. The van der Waals surface area contributed by atoms with Crippen molar-refractivity contribution in [1.29, 1.82) is 0 Å². The summed E-state index contributed by atoms with van der Waals surface area (Å²) in [5, 5.41) is 3.58. The first-order valence-electron chi connectivity index (χ1n) is 10.1. The number of aliphatic imine (C=N–C) groups is 1. The second-order valence-corrected chi connectivity index (χ2v) is 7.40. The first-order chi connectivity index (χ1) is 12.8. The van der Waals surface area contributed by atoms with Crippen molar-refractivity contribution in [2.45, 2.75) is 44.9 Å². The van der Waals surface area contributed by atoms with Crippen LogP contribution in [0.15, 0.2) is 27.8 Å². The van der Waals surface area contributed by atoms with Gasteiger partial charge in [0.25, 0.3) is 5.91 Å². The quantitative estimate of drug-likeness (QED) is 0.402. The van der Waals surface area contributed by atoms with Gasteiger partial charge < -0.3 is 19.5 Å². The van der Waals surface area contributed by atoms with Crippen molar-refractivity contribution in [1.82, 2.24) is 15.1 Å². The zero-order valence-corrected chi connectivity index (χ0v) is 18.7. The highest BCUT2D eigenvalue weighted by molar-refractivity contribution is 14.0. The molecule has 3 rings (SSSR count). The van der Waals surface area contributed by atoms with Gasteiger partial charge in [-0.15, -0.1) is 24.0 Å². The molecule has 1 saturated heterocycles. The molecule has 2 aliphatic rings. The molecule has 6 nitrogen and oxygen atoms in total. The topological polar surface area (TPSA) is 61.1 Å². The Bertz CT molecular complexity index is 575. The molecule has 0 unspecified atom stereocenters. The van der Waals surface area contributed by atoms with E-state index in [0.29, 0.717) is 18.8 Å². The normalized spacial score (nSPS) is 19.8. The molecular formula is C20H33IN4O2. The van der Waals surface area contributed by atoms with E-state index >= 15 is 0 Å². The molecule has 0 aromatic carbocycles. The van der Waals surface area contributed by atoms with Crippen LogP contribution < -0.4 is 5.32 Å². The minimum atomic E-state index is -0.0212. The van der Waals surface area contributed by atoms with Gasteiger partial charge in [0.1, 0.15) is 0 Å². The number of carbonyl (C=O) groups is 1. The molecule has 1 aliphatic heterocycles. The first kappa shape index (κ1) is 22.0. The van der Waals surface area contributed by atoms with Gasteiger partial charge >= 0.3 is 0 Å². The monoisotopic (exact) mass is 488 g/mol. The standard InChI is InChI=1S/C20H32N4O2.HI/c1-21-20(22-16-17-8-5-3-2-4-6-9-17)24-13-11-23(12-14-24)19(25)18-10-7-15-26-18;/h7,10,15,17H,2-6,8-9,11-14,16H2,1H3,(H,21,22);1H. The minimum absolute atomic E-state index is 0. The second-order valence-electron chi connectivity index (χ2n) is 7.40. The van der Waals surface area contributed by atoms with E-state index in [2.05, 4.69) is 15.2 Å². The maximum absolute atomic E-state index is 12.4. The number of hydrogen-bond acceptors (Lipinski definition) is 3. The molecule has 2 fully saturated rings. The Labute approximate surface area is 179 Å². The SMILES string of the molecule is CN=C(NCC1CCCCCCC1)N1CCN(C(=O)c2ccco2)CC1.I. The number of piperazine rings is 1. The fourth-order valence-electron chi connectivity index (χ4n) is 3.99. The predicted octanol–water partition coefficient (Wildman–Crippen LogP) is 3.59. The average molecular weight is 488 g/mol. The van der Waals surface area contributed by atoms with Crippen LogP contribution in [-0.2, 0) is 0 Å². The third-order valence-electron chi connectivity index (χ3n) is 5.58. The molecule has 2 heterocycles. The van der Waals surface area contributed by atoms with Crippen LogP contribution in [-0.4, -0.2) is 61.4 Å². The highest BCUT2D eigenvalue weighted by atomic mass is 127. The molecule has 0 atom stereocenters. The van der Waals surface area contributed by atoms with Gasteiger partial charge in [0.15, 0.2) is 11.7 Å². The molecule has 7 heteroatoms. The zero-order valence-electron chi connectivity index (χ0n) is 16.4. The number of nitrogens with zero attached hydrogens (tertiary/aromatic N) is 3. The van der Waals surface area contributed by atoms with E-state index in [1.54, 1.807) is 18.4 Å². The molecule has 1 aliphatic carbocycles. The molecule has 1 amide bonds. The summed E-state index contributed by atoms with van der Waals surface area (Å²) >= 11 is 0. The Morgan fingerprint density at radius 3 is 2.33 bits per heavy atom. The van der Waals surface area contributed by atoms with Crippen molar-refractivity contribution >= 4 is 35.8 Å². The zero-order chi connectivity index (χ0) is 18.2. The van der Waals surface area contributed by atoms with Crippen LogP contribution in [0.2, 0.25) is 0 Å². The number of rotatable bonds is 3. The summed E-state index contributed by atoms with van der Waals surface area (Å²) in [5.74, 6) is 2.13. The lowest BCUT2D eigenvalue weighted by atomic mass is 9.91. The van der Waals surface area contributed by atoms with Gasteiger partial charge in [0.2, 0.25) is 0 Å². The van der Waals surface area contributed by atoms with E-state index in [1.807, 2.05) is 11.9 Å². The number of halogens is 1. The second kappa shape index (κ2) is 11.6. The van der Waals surface area contributed by atoms with Crippen LogP contribution in [0.4, 0.5) is 0 Å². The Hall–Kier alpha value is -1.25. The average Bonchev–Trinajstić information content (AvgIpc) is 3.18. The van der Waals surface area contributed by atoms with E-state index in [1.165, 1.54) is 44.9 Å². The Morgan fingerprint density at radius 2 is 1.74 bits per heavy atom. The van der Waals surface area contributed by atoms with Gasteiger partial charge in [-0.3, -0.25) is 9.79 Å². The van der Waals surface area contributed by atoms with Crippen molar-refractivity contribution in [3.63, 3.8) is 0 Å². The summed E-state index contributed by atoms with van der Waals surface area (Å²) in [7, 11) is 1.85. The molecule has 152 valence electrons. The number of furan rings is 1. The summed E-state index contributed by atoms with van der Waals surface area (Å²) in [5.41, 5.74) is 0. The number of amides is 1. The fourth-order valence-corrected chi connectivity index (χ4v) is 3.99. The van der Waals surface area contributed by atoms with Crippen molar-refractivity contribution in [2.24, 2.45) is 10.9 Å². The molecule has 0 bridgehead atoms. The van der Waals surface area contributed by atoms with Crippen molar-refractivity contribution in [3.8, 4) is 0 Å². The van der Waals surface area contributed by atoms with E-state index in [4.69, 9.17) is 4.42 Å². The maximum Gasteiger partial charge on any atom is 0.289 e. The summed E-state index contributed by atoms with van der Waals surface area (Å²) in [6.07, 6.45) is 11.1. The van der Waals surface area contributed by atoms with Gasteiger partial charge in [-0.1, -0.05) is 32.1 Å². The third-order valence-corrected chi connectivity index (χ3v) is 5.58. The molecule has 1 saturated carbocycles. The van der Waals surface area contributed by atoms with Crippen LogP contribution in [0.1, 0.15) is 55.5 Å². The summed E-state index contributed by atoms with van der Waals surface area (Å²) in [6, 6.07) is 3.48. The number of hydrogen-bond donors (Lipinski definition) is 1. The number of carbonyl (C=O) groups excluding carboxylic acids is 1. The van der Waals surface area contributed by atoms with Crippen LogP contribution in [0, 0.1) is 5.92 Å². The molecule has 27 heavy (non-hydrogen) atoms. The molecule has 0 spiro atoms. The van der Waals surface area contributed by atoms with Crippen molar-refractivity contribution in [2.75, 3.05) is 39.8 Å². The highest BCUT2D eigenvalue weighted by Gasteiger charge is 2.25. The van der Waals surface area contributed by atoms with E-state index in [9.17, 15) is 4.79 Å². The summed E-state index contributed by atoms with van der Waals surface area (Å²) in [4.78, 5) is 21.0. The van der Waals surface area contributed by atoms with E-state index in [-0.39, 0.29) is 29.9 Å². The van der Waals surface area contributed by atoms with Crippen LogP contribution >= 0.6 is 24.0 Å². The van der Waals surface area contributed by atoms with E-state index in [0.717, 1.165) is 31.5 Å². The molecule has 1 aromatic rings. The lowest BCUT2D eigenvalue weighted by Crippen LogP contribution is -2.54. The lowest BCUT2D eigenvalue weighted by molar-refractivity contribution is 0.0657. The van der Waals surface area contributed by atoms with Gasteiger partial charge in [-0.05, 0) is 30.9 Å². The van der Waals surface area contributed by atoms with Gasteiger partial charge in [-0.2, -0.15) is 0 Å². The first-order valence-corrected chi connectivity index (χ1v) is 10.1. The molecule has 1 N–H and O–H groups in total. The molecular weight excluding hydrogens is 455 g/mol. The third kappa shape index (κ3) is 6.40. The van der Waals surface area contributed by atoms with Gasteiger partial charge in [0, 0.05) is 39.8 Å². The summed E-state index contributed by atoms with van der Waals surface area (Å²) < 4.78 is 5.23. The Balaban J connectivity index is 0.00000261. The predicted molar refractivity (Wildman–Crippen MR) is 119 cm³/mol. The largest absolute Gasteiger partial charge is 0.459 e. The minimum Gasteiger partial charge on any atom is -0.459 e. The number of guanidine groups is 1. The van der Waals surface area contributed by atoms with Crippen LogP contribution in [0.25, 0.3) is 0 Å². The van der Waals surface area contributed by atoms with E-state index < -0.39 is 0 Å². The number of nitrogens with one attached hydrogen (secondary N) is 1. The van der Waals surface area contributed by atoms with Crippen LogP contribution in [0.5, 0.6) is 0 Å². The highest BCUT2D eigenvalue weighted by Crippen LogP contribution is 2.21. The molecule has 1 aromatic heterocycles. The fraction of sp³-hybridized carbons (Fsp3) is 0.700. The lowest BCUT2D eigenvalue weighted by Gasteiger charge is -2.36.